The first kappa shape index (κ1) is 14.4. The van der Waals surface area contributed by atoms with E-state index in [1.54, 1.807) is 6.20 Å². The van der Waals surface area contributed by atoms with Gasteiger partial charge < -0.3 is 10.4 Å². The molecule has 7 heteroatoms. The minimum absolute atomic E-state index is 0.188. The maximum Gasteiger partial charge on any atom is 0.326 e. The molecule has 1 rings (SSSR count). The van der Waals surface area contributed by atoms with Crippen molar-refractivity contribution in [2.45, 2.75) is 33.2 Å². The van der Waals surface area contributed by atoms with Crippen LogP contribution in [0.4, 0.5) is 9.93 Å². The van der Waals surface area contributed by atoms with E-state index in [-0.39, 0.29) is 5.92 Å². The monoisotopic (exact) mass is 271 g/mol. The third-order valence-corrected chi connectivity index (χ3v) is 2.98. The topological polar surface area (TPSA) is 91.3 Å². The van der Waals surface area contributed by atoms with Crippen LogP contribution in [0, 0.1) is 12.8 Å². The molecule has 1 aromatic rings. The van der Waals surface area contributed by atoms with Crippen molar-refractivity contribution in [3.8, 4) is 0 Å². The maximum absolute atomic E-state index is 11.6. The first-order valence-corrected chi connectivity index (χ1v) is 6.43. The van der Waals surface area contributed by atoms with Crippen LogP contribution in [0.25, 0.3) is 0 Å². The summed E-state index contributed by atoms with van der Waals surface area (Å²) in [7, 11) is 0. The number of urea groups is 1. The summed E-state index contributed by atoms with van der Waals surface area (Å²) in [5.41, 5.74) is 0. The van der Waals surface area contributed by atoms with E-state index in [9.17, 15) is 9.59 Å². The Morgan fingerprint density at radius 2 is 2.17 bits per heavy atom. The quantitative estimate of drug-likeness (QED) is 0.764. The molecule has 3 N–H and O–H groups in total. The van der Waals surface area contributed by atoms with Crippen molar-refractivity contribution < 1.29 is 14.7 Å². The van der Waals surface area contributed by atoms with Crippen molar-refractivity contribution in [3.63, 3.8) is 0 Å². The van der Waals surface area contributed by atoms with Crippen LogP contribution in [0.5, 0.6) is 0 Å². The number of anilines is 1. The molecule has 1 aromatic heterocycles. The molecule has 18 heavy (non-hydrogen) atoms. The number of aromatic nitrogens is 1. The van der Waals surface area contributed by atoms with E-state index in [1.165, 1.54) is 11.3 Å². The summed E-state index contributed by atoms with van der Waals surface area (Å²) in [6.07, 6.45) is 2.03. The zero-order valence-corrected chi connectivity index (χ0v) is 11.4. The number of hydrogen-bond acceptors (Lipinski definition) is 4. The first-order chi connectivity index (χ1) is 8.38. The van der Waals surface area contributed by atoms with Crippen molar-refractivity contribution >= 4 is 28.5 Å². The Balaban J connectivity index is 2.53. The highest BCUT2D eigenvalue weighted by molar-refractivity contribution is 7.15. The van der Waals surface area contributed by atoms with E-state index in [0.29, 0.717) is 11.6 Å². The molecule has 0 aliphatic carbocycles. The third kappa shape index (κ3) is 4.70. The van der Waals surface area contributed by atoms with Gasteiger partial charge >= 0.3 is 12.0 Å². The predicted octanol–water partition coefficient (Wildman–Crippen LogP) is 2.07. The molecule has 0 saturated carbocycles. The van der Waals surface area contributed by atoms with Gasteiger partial charge in [-0.05, 0) is 19.3 Å². The standard InChI is InChI=1S/C11H17N3O3S/c1-6(2)4-8(9(15)16)13-10(17)14-11-12-5-7(3)18-11/h5-6,8H,4H2,1-3H3,(H,15,16)(H2,12,13,14,17)/t8-/m0/s1. The fourth-order valence-corrected chi connectivity index (χ4v) is 2.06. The maximum atomic E-state index is 11.6. The molecule has 0 fully saturated rings. The molecule has 0 aliphatic rings. The molecule has 0 saturated heterocycles. The summed E-state index contributed by atoms with van der Waals surface area (Å²) in [5, 5.41) is 14.4. The molecule has 0 aromatic carbocycles. The van der Waals surface area contributed by atoms with Crippen molar-refractivity contribution in [2.75, 3.05) is 5.32 Å². The lowest BCUT2D eigenvalue weighted by molar-refractivity contribution is -0.139. The lowest BCUT2D eigenvalue weighted by Crippen LogP contribution is -2.43. The average molecular weight is 271 g/mol. The zero-order valence-electron chi connectivity index (χ0n) is 10.6. The van der Waals surface area contributed by atoms with Gasteiger partial charge in [0.2, 0.25) is 0 Å². The Kier molecular flexibility index (Phi) is 5.08. The number of amides is 2. The Labute approximate surface area is 109 Å². The Bertz CT molecular complexity index is 431. The molecule has 1 atom stereocenters. The van der Waals surface area contributed by atoms with Gasteiger partial charge in [-0.1, -0.05) is 13.8 Å². The highest BCUT2D eigenvalue weighted by atomic mass is 32.1. The van der Waals surface area contributed by atoms with E-state index in [2.05, 4.69) is 15.6 Å². The van der Waals surface area contributed by atoms with Crippen LogP contribution in [0.2, 0.25) is 0 Å². The number of nitrogens with zero attached hydrogens (tertiary/aromatic N) is 1. The lowest BCUT2D eigenvalue weighted by atomic mass is 10.0. The number of thiazole rings is 1. The first-order valence-electron chi connectivity index (χ1n) is 5.61. The molecule has 100 valence electrons. The molecular formula is C11H17N3O3S. The minimum atomic E-state index is -1.03. The van der Waals surface area contributed by atoms with E-state index < -0.39 is 18.0 Å². The Morgan fingerprint density at radius 3 is 2.61 bits per heavy atom. The fraction of sp³-hybridized carbons (Fsp3) is 0.545. The van der Waals surface area contributed by atoms with Crippen LogP contribution < -0.4 is 10.6 Å². The van der Waals surface area contributed by atoms with Crippen LogP contribution in [-0.4, -0.2) is 28.1 Å². The molecule has 0 radical (unpaired) electrons. The fourth-order valence-electron chi connectivity index (χ4n) is 1.40. The van der Waals surface area contributed by atoms with Gasteiger partial charge in [0.15, 0.2) is 5.13 Å². The average Bonchev–Trinajstić information content (AvgIpc) is 2.62. The second kappa shape index (κ2) is 6.34. The molecule has 0 unspecified atom stereocenters. The highest BCUT2D eigenvalue weighted by Gasteiger charge is 2.21. The number of aliphatic carboxylic acids is 1. The van der Waals surface area contributed by atoms with E-state index >= 15 is 0 Å². The molecule has 0 aliphatic heterocycles. The smallest absolute Gasteiger partial charge is 0.326 e. The zero-order chi connectivity index (χ0) is 13.7. The number of aryl methyl sites for hydroxylation is 1. The number of hydrogen-bond donors (Lipinski definition) is 3. The van der Waals surface area contributed by atoms with Gasteiger partial charge in [-0.15, -0.1) is 11.3 Å². The third-order valence-electron chi connectivity index (χ3n) is 2.15. The van der Waals surface area contributed by atoms with E-state index in [4.69, 9.17) is 5.11 Å². The van der Waals surface area contributed by atoms with E-state index in [0.717, 1.165) is 4.88 Å². The van der Waals surface area contributed by atoms with Crippen LogP contribution in [-0.2, 0) is 4.79 Å². The second-order valence-corrected chi connectivity index (χ2v) is 5.63. The summed E-state index contributed by atoms with van der Waals surface area (Å²) in [6, 6.07) is -1.43. The Hall–Kier alpha value is -1.63. The number of carbonyl (C=O) groups is 2. The normalized spacial score (nSPS) is 12.2. The largest absolute Gasteiger partial charge is 0.480 e. The molecule has 0 spiro atoms. The molecule has 1 heterocycles. The molecular weight excluding hydrogens is 254 g/mol. The van der Waals surface area contributed by atoms with Crippen molar-refractivity contribution in [1.29, 1.82) is 0 Å². The van der Waals surface area contributed by atoms with Gasteiger partial charge in [0, 0.05) is 11.1 Å². The predicted molar refractivity (Wildman–Crippen MR) is 69.9 cm³/mol. The summed E-state index contributed by atoms with van der Waals surface area (Å²) >= 11 is 1.33. The van der Waals surface area contributed by atoms with Gasteiger partial charge in [0.05, 0.1) is 0 Å². The van der Waals surface area contributed by atoms with Gasteiger partial charge in [-0.2, -0.15) is 0 Å². The Morgan fingerprint density at radius 1 is 1.50 bits per heavy atom. The molecule has 0 bridgehead atoms. The SMILES string of the molecule is Cc1cnc(NC(=O)N[C@@H](CC(C)C)C(=O)O)s1. The molecule has 2 amide bonds. The minimum Gasteiger partial charge on any atom is -0.480 e. The summed E-state index contributed by atoms with van der Waals surface area (Å²) in [6.45, 7) is 5.68. The van der Waals surface area contributed by atoms with Gasteiger partial charge in [-0.3, -0.25) is 5.32 Å². The number of carbonyl (C=O) groups excluding carboxylic acids is 1. The van der Waals surface area contributed by atoms with Crippen LogP contribution in [0.1, 0.15) is 25.1 Å². The van der Waals surface area contributed by atoms with Gasteiger partial charge in [-0.25, -0.2) is 14.6 Å². The second-order valence-electron chi connectivity index (χ2n) is 4.39. The lowest BCUT2D eigenvalue weighted by Gasteiger charge is -2.16. The van der Waals surface area contributed by atoms with Crippen molar-refractivity contribution in [2.24, 2.45) is 5.92 Å². The van der Waals surface area contributed by atoms with Crippen molar-refractivity contribution in [3.05, 3.63) is 11.1 Å². The van der Waals surface area contributed by atoms with Crippen LogP contribution in [0.15, 0.2) is 6.20 Å². The number of nitrogens with one attached hydrogen (secondary N) is 2. The number of carboxylic acid groups (broad SMARTS) is 1. The molecule has 6 nitrogen and oxygen atoms in total. The van der Waals surface area contributed by atoms with Crippen LogP contribution in [0.3, 0.4) is 0 Å². The summed E-state index contributed by atoms with van der Waals surface area (Å²) in [4.78, 5) is 27.5. The number of carboxylic acids is 1. The van der Waals surface area contributed by atoms with Crippen molar-refractivity contribution in [1.82, 2.24) is 10.3 Å². The summed E-state index contributed by atoms with van der Waals surface area (Å²) < 4.78 is 0. The van der Waals surface area contributed by atoms with E-state index in [1.807, 2.05) is 20.8 Å². The van der Waals surface area contributed by atoms with Gasteiger partial charge in [0.25, 0.3) is 0 Å². The van der Waals surface area contributed by atoms with Crippen LogP contribution >= 0.6 is 11.3 Å². The number of rotatable bonds is 5. The summed E-state index contributed by atoms with van der Waals surface area (Å²) in [5.74, 6) is -0.845. The van der Waals surface area contributed by atoms with Gasteiger partial charge in [0.1, 0.15) is 6.04 Å². The highest BCUT2D eigenvalue weighted by Crippen LogP contribution is 2.16.